The van der Waals surface area contributed by atoms with Crippen molar-refractivity contribution in [2.24, 2.45) is 5.92 Å². The molecule has 0 radical (unpaired) electrons. The Hall–Kier alpha value is -2.16. The minimum Gasteiger partial charge on any atom is -0.480 e. The lowest BCUT2D eigenvalue weighted by Gasteiger charge is -2.14. The molecule has 1 heterocycles. The van der Waals surface area contributed by atoms with Crippen LogP contribution in [0, 0.1) is 17.2 Å². The zero-order valence-electron chi connectivity index (χ0n) is 8.42. The van der Waals surface area contributed by atoms with Crippen molar-refractivity contribution < 1.29 is 9.90 Å². The molecule has 0 spiro atoms. The van der Waals surface area contributed by atoms with Crippen molar-refractivity contribution in [2.45, 2.75) is 18.9 Å². The van der Waals surface area contributed by atoms with Gasteiger partial charge in [-0.1, -0.05) is 0 Å². The highest BCUT2D eigenvalue weighted by Crippen LogP contribution is 2.34. The Morgan fingerprint density at radius 1 is 1.56 bits per heavy atom. The van der Waals surface area contributed by atoms with Crippen molar-refractivity contribution in [1.82, 2.24) is 9.97 Å². The molecule has 2 N–H and O–H groups in total. The summed E-state index contributed by atoms with van der Waals surface area (Å²) < 4.78 is 0. The molecule has 82 valence electrons. The predicted octanol–water partition coefficient (Wildman–Crippen LogP) is 0.623. The third kappa shape index (κ3) is 2.08. The van der Waals surface area contributed by atoms with E-state index in [1.54, 1.807) is 0 Å². The zero-order chi connectivity index (χ0) is 11.5. The van der Waals surface area contributed by atoms with E-state index in [-0.39, 0.29) is 17.4 Å². The summed E-state index contributed by atoms with van der Waals surface area (Å²) in [4.78, 5) is 18.7. The highest BCUT2D eigenvalue weighted by Gasteiger charge is 2.36. The second kappa shape index (κ2) is 4.14. The molecule has 6 heteroatoms. The monoisotopic (exact) mass is 218 g/mol. The lowest BCUT2D eigenvalue weighted by molar-refractivity contribution is -0.138. The van der Waals surface area contributed by atoms with Gasteiger partial charge in [-0.25, -0.2) is 14.8 Å². The summed E-state index contributed by atoms with van der Waals surface area (Å²) in [6.07, 6.45) is 4.61. The van der Waals surface area contributed by atoms with Gasteiger partial charge < -0.3 is 10.4 Å². The summed E-state index contributed by atoms with van der Waals surface area (Å²) in [5.41, 5.74) is 0.120. The lowest BCUT2D eigenvalue weighted by atomic mass is 10.2. The number of aromatic nitrogens is 2. The fourth-order valence-corrected chi connectivity index (χ4v) is 1.48. The zero-order valence-corrected chi connectivity index (χ0v) is 8.42. The number of rotatable bonds is 4. The molecule has 0 aliphatic heterocycles. The number of nitrogens with one attached hydrogen (secondary N) is 1. The second-order valence-corrected chi connectivity index (χ2v) is 3.66. The number of anilines is 1. The molecule has 1 unspecified atom stereocenters. The number of hydrogen-bond donors (Lipinski definition) is 2. The van der Waals surface area contributed by atoms with Crippen LogP contribution in [0.3, 0.4) is 0 Å². The smallest absolute Gasteiger partial charge is 0.326 e. The third-order valence-electron chi connectivity index (χ3n) is 2.46. The number of carbonyl (C=O) groups is 1. The van der Waals surface area contributed by atoms with Gasteiger partial charge in [0, 0.05) is 12.4 Å². The van der Waals surface area contributed by atoms with Crippen LogP contribution >= 0.6 is 0 Å². The van der Waals surface area contributed by atoms with E-state index in [0.29, 0.717) is 0 Å². The van der Waals surface area contributed by atoms with Crippen molar-refractivity contribution >= 4 is 11.8 Å². The van der Waals surface area contributed by atoms with Gasteiger partial charge in [-0.2, -0.15) is 5.26 Å². The van der Waals surface area contributed by atoms with Gasteiger partial charge >= 0.3 is 5.97 Å². The Morgan fingerprint density at radius 3 is 2.81 bits per heavy atom. The maximum atomic E-state index is 11.0. The van der Waals surface area contributed by atoms with Gasteiger partial charge in [0.05, 0.1) is 0 Å². The predicted molar refractivity (Wildman–Crippen MR) is 54.5 cm³/mol. The molecule has 1 aromatic rings. The third-order valence-corrected chi connectivity index (χ3v) is 2.46. The van der Waals surface area contributed by atoms with Gasteiger partial charge in [-0.3, -0.25) is 0 Å². The van der Waals surface area contributed by atoms with Crippen LogP contribution in [0.2, 0.25) is 0 Å². The van der Waals surface area contributed by atoms with Crippen molar-refractivity contribution in [3.8, 4) is 6.07 Å². The van der Waals surface area contributed by atoms with E-state index in [2.05, 4.69) is 15.3 Å². The molecule has 6 nitrogen and oxygen atoms in total. The van der Waals surface area contributed by atoms with Gasteiger partial charge in [-0.15, -0.1) is 0 Å². The summed E-state index contributed by atoms with van der Waals surface area (Å²) in [5, 5.41) is 20.6. The molecular weight excluding hydrogens is 208 g/mol. The SMILES string of the molecule is N#Cc1nccnc1NC(C(=O)O)C1CC1. The van der Waals surface area contributed by atoms with E-state index in [9.17, 15) is 4.79 Å². The fourth-order valence-electron chi connectivity index (χ4n) is 1.48. The summed E-state index contributed by atoms with van der Waals surface area (Å²) in [7, 11) is 0. The van der Waals surface area contributed by atoms with Crippen LogP contribution in [-0.4, -0.2) is 27.1 Å². The number of nitriles is 1. The number of carboxylic acids is 1. The van der Waals surface area contributed by atoms with E-state index in [4.69, 9.17) is 10.4 Å². The van der Waals surface area contributed by atoms with Crippen LogP contribution in [0.1, 0.15) is 18.5 Å². The molecule has 1 aliphatic rings. The van der Waals surface area contributed by atoms with Crippen LogP contribution in [0.15, 0.2) is 12.4 Å². The van der Waals surface area contributed by atoms with E-state index in [0.717, 1.165) is 12.8 Å². The normalized spacial score (nSPS) is 16.2. The van der Waals surface area contributed by atoms with E-state index in [1.807, 2.05) is 6.07 Å². The van der Waals surface area contributed by atoms with Gasteiger partial charge in [-0.05, 0) is 18.8 Å². The number of nitrogens with zero attached hydrogens (tertiary/aromatic N) is 3. The summed E-state index contributed by atoms with van der Waals surface area (Å²) in [6.45, 7) is 0. The molecule has 0 amide bonds. The van der Waals surface area contributed by atoms with Crippen LogP contribution in [0.25, 0.3) is 0 Å². The molecule has 16 heavy (non-hydrogen) atoms. The van der Waals surface area contributed by atoms with Gasteiger partial charge in [0.1, 0.15) is 12.1 Å². The molecule has 1 saturated carbocycles. The van der Waals surface area contributed by atoms with E-state index in [1.165, 1.54) is 12.4 Å². The fraction of sp³-hybridized carbons (Fsp3) is 0.400. The number of aliphatic carboxylic acids is 1. The van der Waals surface area contributed by atoms with E-state index >= 15 is 0 Å². The van der Waals surface area contributed by atoms with Crippen LogP contribution in [-0.2, 0) is 4.79 Å². The first-order chi connectivity index (χ1) is 7.72. The maximum Gasteiger partial charge on any atom is 0.326 e. The average molecular weight is 218 g/mol. The quantitative estimate of drug-likeness (QED) is 0.768. The Kier molecular flexibility index (Phi) is 2.68. The molecule has 0 bridgehead atoms. The number of carboxylic acid groups (broad SMARTS) is 1. The van der Waals surface area contributed by atoms with E-state index < -0.39 is 12.0 Å². The molecule has 1 fully saturated rings. The topological polar surface area (TPSA) is 98.9 Å². The highest BCUT2D eigenvalue weighted by atomic mass is 16.4. The minimum absolute atomic E-state index is 0.120. The summed E-state index contributed by atoms with van der Waals surface area (Å²) >= 11 is 0. The molecule has 1 aromatic heterocycles. The van der Waals surface area contributed by atoms with Crippen molar-refractivity contribution in [1.29, 1.82) is 5.26 Å². The lowest BCUT2D eigenvalue weighted by Crippen LogP contribution is -2.32. The van der Waals surface area contributed by atoms with Crippen molar-refractivity contribution in [3.05, 3.63) is 18.1 Å². The summed E-state index contributed by atoms with van der Waals surface area (Å²) in [6, 6.07) is 1.19. The van der Waals surface area contributed by atoms with Gasteiger partial charge in [0.15, 0.2) is 11.5 Å². The van der Waals surface area contributed by atoms with Crippen molar-refractivity contribution in [3.63, 3.8) is 0 Å². The maximum absolute atomic E-state index is 11.0. The first-order valence-corrected chi connectivity index (χ1v) is 4.93. The van der Waals surface area contributed by atoms with Gasteiger partial charge in [0.25, 0.3) is 0 Å². The minimum atomic E-state index is -0.919. The average Bonchev–Trinajstić information content (AvgIpc) is 3.10. The molecule has 0 aromatic carbocycles. The standard InChI is InChI=1S/C10H10N4O2/c11-5-7-9(13-4-3-12-7)14-8(10(15)16)6-1-2-6/h3-4,6,8H,1-2H2,(H,13,14)(H,15,16). The summed E-state index contributed by atoms with van der Waals surface area (Å²) in [5.74, 6) is -0.549. The molecule has 0 saturated heterocycles. The molecule has 2 rings (SSSR count). The Bertz CT molecular complexity index is 450. The Balaban J connectivity index is 2.18. The number of hydrogen-bond acceptors (Lipinski definition) is 5. The van der Waals surface area contributed by atoms with Crippen LogP contribution in [0.4, 0.5) is 5.82 Å². The van der Waals surface area contributed by atoms with Crippen molar-refractivity contribution in [2.75, 3.05) is 5.32 Å². The molecular formula is C10H10N4O2. The first kappa shape index (κ1) is 10.4. The molecule has 1 aliphatic carbocycles. The highest BCUT2D eigenvalue weighted by molar-refractivity contribution is 5.78. The molecule has 1 atom stereocenters. The van der Waals surface area contributed by atoms with Crippen LogP contribution < -0.4 is 5.32 Å². The first-order valence-electron chi connectivity index (χ1n) is 4.93. The second-order valence-electron chi connectivity index (χ2n) is 3.66. The van der Waals surface area contributed by atoms with Gasteiger partial charge in [0.2, 0.25) is 0 Å². The van der Waals surface area contributed by atoms with Crippen LogP contribution in [0.5, 0.6) is 0 Å². The largest absolute Gasteiger partial charge is 0.480 e. The Labute approximate surface area is 92.0 Å². The Morgan fingerprint density at radius 2 is 2.25 bits per heavy atom.